The van der Waals surface area contributed by atoms with Gasteiger partial charge < -0.3 is 10.1 Å². The molecule has 2 rings (SSSR count). The lowest BCUT2D eigenvalue weighted by Crippen LogP contribution is -2.18. The number of benzene rings is 1. The highest BCUT2D eigenvalue weighted by Crippen LogP contribution is 2.43. The molecule has 17 heavy (non-hydrogen) atoms. The minimum atomic E-state index is -0.0555. The highest BCUT2D eigenvalue weighted by Gasteiger charge is 2.35. The number of methoxy groups -OCH3 is 1. The number of carbonyl (C=O) groups is 1. The number of anilines is 1. The summed E-state index contributed by atoms with van der Waals surface area (Å²) in [7, 11) is 1.62. The Hall–Kier alpha value is -1.51. The van der Waals surface area contributed by atoms with Gasteiger partial charge in [0.2, 0.25) is 5.91 Å². The van der Waals surface area contributed by atoms with Gasteiger partial charge in [-0.05, 0) is 23.5 Å². The van der Waals surface area contributed by atoms with Crippen LogP contribution in [0.25, 0.3) is 0 Å². The van der Waals surface area contributed by atoms with E-state index >= 15 is 0 Å². The highest BCUT2D eigenvalue weighted by atomic mass is 16.5. The van der Waals surface area contributed by atoms with E-state index < -0.39 is 0 Å². The van der Waals surface area contributed by atoms with Gasteiger partial charge in [-0.1, -0.05) is 32.9 Å². The first-order valence-corrected chi connectivity index (χ1v) is 5.90. The van der Waals surface area contributed by atoms with E-state index in [1.54, 1.807) is 7.11 Å². The van der Waals surface area contributed by atoms with Gasteiger partial charge in [0.1, 0.15) is 5.75 Å². The summed E-state index contributed by atoms with van der Waals surface area (Å²) in [5.74, 6) is 0.770. The van der Waals surface area contributed by atoms with Crippen molar-refractivity contribution in [2.75, 3.05) is 12.4 Å². The van der Waals surface area contributed by atoms with E-state index in [-0.39, 0.29) is 17.2 Å². The van der Waals surface area contributed by atoms with Crippen molar-refractivity contribution < 1.29 is 9.53 Å². The van der Waals surface area contributed by atoms with Gasteiger partial charge in [-0.15, -0.1) is 0 Å². The number of rotatable bonds is 2. The van der Waals surface area contributed by atoms with Crippen LogP contribution < -0.4 is 10.1 Å². The molecule has 1 atom stereocenters. The molecule has 3 heteroatoms. The number of carbonyl (C=O) groups excluding carboxylic acids is 1. The van der Waals surface area contributed by atoms with Crippen LogP contribution in [0.1, 0.15) is 38.7 Å². The van der Waals surface area contributed by atoms with Crippen LogP contribution in [0, 0.1) is 5.41 Å². The molecular formula is C14H19NO2. The van der Waals surface area contributed by atoms with Gasteiger partial charge in [-0.3, -0.25) is 4.79 Å². The van der Waals surface area contributed by atoms with Crippen molar-refractivity contribution in [1.29, 1.82) is 0 Å². The SMILES string of the molecule is COc1cccc2c1NC(=O)C2CC(C)(C)C. The molecule has 0 aromatic heterocycles. The number of ether oxygens (including phenoxy) is 1. The molecule has 1 aromatic carbocycles. The molecule has 0 bridgehead atoms. The molecular weight excluding hydrogens is 214 g/mol. The molecule has 1 aromatic rings. The second kappa shape index (κ2) is 4.06. The van der Waals surface area contributed by atoms with Gasteiger partial charge in [0, 0.05) is 0 Å². The fourth-order valence-corrected chi connectivity index (χ4v) is 2.31. The number of amides is 1. The summed E-state index contributed by atoms with van der Waals surface area (Å²) >= 11 is 0. The van der Waals surface area contributed by atoms with Crippen LogP contribution in [0.4, 0.5) is 5.69 Å². The Balaban J connectivity index is 2.38. The zero-order chi connectivity index (χ0) is 12.6. The van der Waals surface area contributed by atoms with Crippen molar-refractivity contribution in [3.05, 3.63) is 23.8 Å². The second-order valence-corrected chi connectivity index (χ2v) is 5.73. The highest BCUT2D eigenvalue weighted by molar-refractivity contribution is 6.04. The van der Waals surface area contributed by atoms with Crippen LogP contribution >= 0.6 is 0 Å². The second-order valence-electron chi connectivity index (χ2n) is 5.73. The summed E-state index contributed by atoms with van der Waals surface area (Å²) in [5, 5.41) is 2.93. The maximum atomic E-state index is 12.0. The number of para-hydroxylation sites is 1. The van der Waals surface area contributed by atoms with E-state index in [9.17, 15) is 4.79 Å². The summed E-state index contributed by atoms with van der Waals surface area (Å²) in [6.45, 7) is 6.45. The fourth-order valence-electron chi connectivity index (χ4n) is 2.31. The molecule has 0 radical (unpaired) electrons. The quantitative estimate of drug-likeness (QED) is 0.852. The summed E-state index contributed by atoms with van der Waals surface area (Å²) in [6.07, 6.45) is 0.846. The molecule has 1 N–H and O–H groups in total. The molecule has 0 spiro atoms. The number of hydrogen-bond donors (Lipinski definition) is 1. The van der Waals surface area contributed by atoms with Crippen molar-refractivity contribution in [2.24, 2.45) is 5.41 Å². The maximum absolute atomic E-state index is 12.0. The van der Waals surface area contributed by atoms with Crippen molar-refractivity contribution in [1.82, 2.24) is 0 Å². The summed E-state index contributed by atoms with van der Waals surface area (Å²) in [6, 6.07) is 5.82. The lowest BCUT2D eigenvalue weighted by molar-refractivity contribution is -0.117. The van der Waals surface area contributed by atoms with Crippen LogP contribution in [0.5, 0.6) is 5.75 Å². The molecule has 1 aliphatic heterocycles. The van der Waals surface area contributed by atoms with Crippen molar-refractivity contribution in [2.45, 2.75) is 33.1 Å². The average molecular weight is 233 g/mol. The molecule has 0 saturated heterocycles. The van der Waals surface area contributed by atoms with E-state index in [0.717, 1.165) is 23.4 Å². The van der Waals surface area contributed by atoms with Gasteiger partial charge in [0.05, 0.1) is 18.7 Å². The van der Waals surface area contributed by atoms with Crippen LogP contribution in [-0.2, 0) is 4.79 Å². The lowest BCUT2D eigenvalue weighted by atomic mass is 9.82. The third-order valence-corrected chi connectivity index (χ3v) is 3.03. The molecule has 92 valence electrons. The molecule has 1 heterocycles. The monoisotopic (exact) mass is 233 g/mol. The molecule has 0 fully saturated rings. The summed E-state index contributed by atoms with van der Waals surface area (Å²) in [4.78, 5) is 12.0. The lowest BCUT2D eigenvalue weighted by Gasteiger charge is -2.21. The predicted molar refractivity (Wildman–Crippen MR) is 68.4 cm³/mol. The predicted octanol–water partition coefficient (Wildman–Crippen LogP) is 3.17. The van der Waals surface area contributed by atoms with Crippen LogP contribution in [0.15, 0.2) is 18.2 Å². The molecule has 0 aliphatic carbocycles. The molecule has 1 aliphatic rings. The first-order chi connectivity index (χ1) is 7.92. The van der Waals surface area contributed by atoms with Gasteiger partial charge in [0.25, 0.3) is 0 Å². The first-order valence-electron chi connectivity index (χ1n) is 5.90. The molecule has 3 nitrogen and oxygen atoms in total. The van der Waals surface area contributed by atoms with E-state index in [1.165, 1.54) is 0 Å². The van der Waals surface area contributed by atoms with E-state index in [2.05, 4.69) is 26.1 Å². The number of hydrogen-bond acceptors (Lipinski definition) is 2. The topological polar surface area (TPSA) is 38.3 Å². The third kappa shape index (κ3) is 2.28. The van der Waals surface area contributed by atoms with Crippen LogP contribution in [0.3, 0.4) is 0 Å². The molecule has 0 saturated carbocycles. The maximum Gasteiger partial charge on any atom is 0.232 e. The minimum absolute atomic E-state index is 0.0555. The van der Waals surface area contributed by atoms with Crippen molar-refractivity contribution in [3.63, 3.8) is 0 Å². The fraction of sp³-hybridized carbons (Fsp3) is 0.500. The molecule has 1 unspecified atom stereocenters. The number of fused-ring (bicyclic) bond motifs is 1. The Morgan fingerprint density at radius 1 is 1.35 bits per heavy atom. The molecule has 1 amide bonds. The van der Waals surface area contributed by atoms with Gasteiger partial charge in [-0.2, -0.15) is 0 Å². The van der Waals surface area contributed by atoms with E-state index in [1.807, 2.05) is 18.2 Å². The van der Waals surface area contributed by atoms with Gasteiger partial charge >= 0.3 is 0 Å². The number of nitrogens with one attached hydrogen (secondary N) is 1. The van der Waals surface area contributed by atoms with E-state index in [0.29, 0.717) is 0 Å². The standard InChI is InChI=1S/C14H19NO2/c1-14(2,3)8-10-9-6-5-7-11(17-4)12(9)15-13(10)16/h5-7,10H,8H2,1-4H3,(H,15,16). The van der Waals surface area contributed by atoms with E-state index in [4.69, 9.17) is 4.74 Å². The van der Waals surface area contributed by atoms with Gasteiger partial charge in [0.15, 0.2) is 0 Å². The Morgan fingerprint density at radius 2 is 2.06 bits per heavy atom. The Kier molecular flexibility index (Phi) is 2.86. The zero-order valence-corrected chi connectivity index (χ0v) is 10.8. The average Bonchev–Trinajstić information content (AvgIpc) is 2.53. The third-order valence-electron chi connectivity index (χ3n) is 3.03. The van der Waals surface area contributed by atoms with Crippen LogP contribution in [0.2, 0.25) is 0 Å². The van der Waals surface area contributed by atoms with Crippen molar-refractivity contribution in [3.8, 4) is 5.75 Å². The minimum Gasteiger partial charge on any atom is -0.495 e. The zero-order valence-electron chi connectivity index (χ0n) is 10.8. The summed E-state index contributed by atoms with van der Waals surface area (Å²) < 4.78 is 5.27. The first kappa shape index (κ1) is 12.0. The summed E-state index contributed by atoms with van der Waals surface area (Å²) in [5.41, 5.74) is 2.03. The largest absolute Gasteiger partial charge is 0.495 e. The Bertz CT molecular complexity index is 446. The van der Waals surface area contributed by atoms with Crippen molar-refractivity contribution >= 4 is 11.6 Å². The normalized spacial score (nSPS) is 18.8. The Morgan fingerprint density at radius 3 is 2.65 bits per heavy atom. The smallest absolute Gasteiger partial charge is 0.232 e. The Labute approximate surface area is 102 Å². The van der Waals surface area contributed by atoms with Gasteiger partial charge in [-0.25, -0.2) is 0 Å². The van der Waals surface area contributed by atoms with Crippen LogP contribution in [-0.4, -0.2) is 13.0 Å².